The number of halogens is 1. The summed E-state index contributed by atoms with van der Waals surface area (Å²) in [5, 5.41) is 9.36. The van der Waals surface area contributed by atoms with Gasteiger partial charge in [-0.15, -0.1) is 10.2 Å². The minimum atomic E-state index is -0.846. The summed E-state index contributed by atoms with van der Waals surface area (Å²) in [6.45, 7) is 5.24. The van der Waals surface area contributed by atoms with Crippen LogP contribution in [0.2, 0.25) is 0 Å². The molecule has 4 aromatic rings. The van der Waals surface area contributed by atoms with Crippen molar-refractivity contribution in [1.82, 2.24) is 25.1 Å². The molecule has 11 nitrogen and oxygen atoms in total. The minimum absolute atomic E-state index is 0.00185. The van der Waals surface area contributed by atoms with Crippen LogP contribution in [0.3, 0.4) is 0 Å². The van der Waals surface area contributed by atoms with E-state index >= 15 is 0 Å². The zero-order valence-electron chi connectivity index (χ0n) is 22.6. The summed E-state index contributed by atoms with van der Waals surface area (Å²) in [4.78, 5) is 39.9. The van der Waals surface area contributed by atoms with Gasteiger partial charge in [-0.1, -0.05) is 23.5 Å². The van der Waals surface area contributed by atoms with Crippen molar-refractivity contribution in [2.75, 3.05) is 18.3 Å². The van der Waals surface area contributed by atoms with E-state index < -0.39 is 24.7 Å². The molecule has 3 aromatic heterocycles. The van der Waals surface area contributed by atoms with E-state index in [2.05, 4.69) is 25.1 Å². The number of rotatable bonds is 10. The number of ether oxygens (including phenoxy) is 3. The van der Waals surface area contributed by atoms with Crippen molar-refractivity contribution >= 4 is 29.2 Å². The van der Waals surface area contributed by atoms with Gasteiger partial charge in [0.25, 0.3) is 0 Å². The van der Waals surface area contributed by atoms with Gasteiger partial charge in [-0.05, 0) is 57.0 Å². The number of hydrogen-bond donors (Lipinski definition) is 0. The summed E-state index contributed by atoms with van der Waals surface area (Å²) in [5.74, 6) is 0.122. The number of amides is 1. The number of aryl methyl sites for hydroxylation is 3. The van der Waals surface area contributed by atoms with Crippen molar-refractivity contribution in [2.45, 2.75) is 39.7 Å². The molecule has 212 valence electrons. The molecule has 0 saturated heterocycles. The number of esters is 1. The van der Waals surface area contributed by atoms with Gasteiger partial charge in [0.2, 0.25) is 12.7 Å². The first-order valence-corrected chi connectivity index (χ1v) is 13.6. The van der Waals surface area contributed by atoms with Gasteiger partial charge < -0.3 is 14.2 Å². The fourth-order valence-electron chi connectivity index (χ4n) is 4.11. The number of anilines is 1. The van der Waals surface area contributed by atoms with Crippen molar-refractivity contribution in [2.24, 2.45) is 5.92 Å². The van der Waals surface area contributed by atoms with Crippen LogP contribution in [0.4, 0.5) is 15.0 Å². The molecule has 0 bridgehead atoms. The van der Waals surface area contributed by atoms with Gasteiger partial charge in [-0.3, -0.25) is 9.88 Å². The Bertz CT molecular complexity index is 1550. The highest BCUT2D eigenvalue weighted by Crippen LogP contribution is 2.46. The predicted molar refractivity (Wildman–Crippen MR) is 146 cm³/mol. The number of carbonyl (C=O) groups excluding carboxylic acids is 2. The van der Waals surface area contributed by atoms with Crippen LogP contribution in [0.15, 0.2) is 48.7 Å². The number of pyridine rings is 1. The second-order valence-corrected chi connectivity index (χ2v) is 10.8. The standard InChI is InChI=1S/C28H27FN6O5S/c1-16-7-8-23(30-12-16)22-10-20(22)14-38-25-11-24(31-17(2)32-25)35(13-26-34-33-18(3)41-26)28(37)40-15-39-27(36)19-5-4-6-21(29)9-19/h4-9,11-12,20,22H,10,13-15H2,1-3H3/t20-,22+/m1/s1. The van der Waals surface area contributed by atoms with E-state index in [0.29, 0.717) is 35.2 Å². The normalized spacial score (nSPS) is 15.7. The Labute approximate surface area is 239 Å². The second kappa shape index (κ2) is 12.3. The highest BCUT2D eigenvalue weighted by Gasteiger charge is 2.40. The van der Waals surface area contributed by atoms with Gasteiger partial charge in [-0.2, -0.15) is 4.98 Å². The third kappa shape index (κ3) is 7.37. The zero-order valence-corrected chi connectivity index (χ0v) is 23.4. The Morgan fingerprint density at radius 3 is 2.66 bits per heavy atom. The summed E-state index contributed by atoms with van der Waals surface area (Å²) in [7, 11) is 0. The summed E-state index contributed by atoms with van der Waals surface area (Å²) >= 11 is 1.31. The van der Waals surface area contributed by atoms with Crippen molar-refractivity contribution in [3.05, 3.63) is 87.1 Å². The number of hydrogen-bond acceptors (Lipinski definition) is 11. The van der Waals surface area contributed by atoms with E-state index in [1.165, 1.54) is 34.4 Å². The van der Waals surface area contributed by atoms with Crippen LogP contribution in [0.1, 0.15) is 49.8 Å². The Morgan fingerprint density at radius 2 is 1.93 bits per heavy atom. The quantitative estimate of drug-likeness (QED) is 0.189. The molecule has 41 heavy (non-hydrogen) atoms. The third-order valence-electron chi connectivity index (χ3n) is 6.27. The zero-order chi connectivity index (χ0) is 28.9. The molecule has 1 fully saturated rings. The molecule has 0 unspecified atom stereocenters. The van der Waals surface area contributed by atoms with Gasteiger partial charge >= 0.3 is 12.1 Å². The van der Waals surface area contributed by atoms with Crippen LogP contribution in [0.5, 0.6) is 5.88 Å². The Balaban J connectivity index is 1.25. The SMILES string of the molecule is Cc1ccc([C@H]2C[C@@H]2COc2cc(N(Cc3nnc(C)s3)C(=O)OCOC(=O)c3cccc(F)c3)nc(C)n2)nc1. The van der Waals surface area contributed by atoms with Gasteiger partial charge in [0, 0.05) is 29.8 Å². The number of benzene rings is 1. The van der Waals surface area contributed by atoms with Gasteiger partial charge in [0.15, 0.2) is 0 Å². The highest BCUT2D eigenvalue weighted by atomic mass is 32.1. The minimum Gasteiger partial charge on any atom is -0.477 e. The molecule has 1 amide bonds. The first kappa shape index (κ1) is 28.0. The summed E-state index contributed by atoms with van der Waals surface area (Å²) in [6, 6.07) is 10.6. The number of carbonyl (C=O) groups is 2. The van der Waals surface area contributed by atoms with E-state index in [0.717, 1.165) is 28.8 Å². The van der Waals surface area contributed by atoms with Crippen LogP contribution in [0.25, 0.3) is 0 Å². The lowest BCUT2D eigenvalue weighted by Crippen LogP contribution is -2.33. The molecular weight excluding hydrogens is 551 g/mol. The molecular formula is C28H27FN6O5S. The first-order valence-electron chi connectivity index (χ1n) is 12.8. The smallest absolute Gasteiger partial charge is 0.418 e. The summed E-state index contributed by atoms with van der Waals surface area (Å²) < 4.78 is 29.6. The fourth-order valence-corrected chi connectivity index (χ4v) is 4.81. The van der Waals surface area contributed by atoms with Crippen LogP contribution in [-0.2, 0) is 16.0 Å². The Hall–Kier alpha value is -4.52. The number of aromatic nitrogens is 5. The van der Waals surface area contributed by atoms with E-state index in [1.54, 1.807) is 19.9 Å². The Morgan fingerprint density at radius 1 is 1.07 bits per heavy atom. The highest BCUT2D eigenvalue weighted by molar-refractivity contribution is 7.11. The van der Waals surface area contributed by atoms with Crippen molar-refractivity contribution in [1.29, 1.82) is 0 Å². The van der Waals surface area contributed by atoms with Crippen LogP contribution < -0.4 is 9.64 Å². The van der Waals surface area contributed by atoms with Gasteiger partial charge in [-0.25, -0.2) is 19.0 Å². The van der Waals surface area contributed by atoms with Crippen molar-refractivity contribution < 1.29 is 28.2 Å². The maximum atomic E-state index is 13.4. The lowest BCUT2D eigenvalue weighted by atomic mass is 10.2. The van der Waals surface area contributed by atoms with Crippen molar-refractivity contribution in [3.63, 3.8) is 0 Å². The first-order chi connectivity index (χ1) is 19.7. The topological polar surface area (TPSA) is 130 Å². The monoisotopic (exact) mass is 578 g/mol. The molecule has 0 N–H and O–H groups in total. The molecule has 2 atom stereocenters. The molecule has 0 radical (unpaired) electrons. The average molecular weight is 579 g/mol. The summed E-state index contributed by atoms with van der Waals surface area (Å²) in [5.41, 5.74) is 2.15. The molecule has 0 aliphatic heterocycles. The Kier molecular flexibility index (Phi) is 8.43. The third-order valence-corrected chi connectivity index (χ3v) is 7.10. The molecule has 1 saturated carbocycles. The molecule has 13 heteroatoms. The largest absolute Gasteiger partial charge is 0.477 e. The van der Waals surface area contributed by atoms with E-state index in [9.17, 15) is 14.0 Å². The lowest BCUT2D eigenvalue weighted by molar-refractivity contribution is -0.000745. The van der Waals surface area contributed by atoms with Gasteiger partial charge in [0.05, 0.1) is 18.7 Å². The van der Waals surface area contributed by atoms with Crippen LogP contribution in [0, 0.1) is 32.5 Å². The predicted octanol–water partition coefficient (Wildman–Crippen LogP) is 4.93. The second-order valence-electron chi connectivity index (χ2n) is 9.56. The van der Waals surface area contributed by atoms with Crippen LogP contribution >= 0.6 is 11.3 Å². The molecule has 3 heterocycles. The van der Waals surface area contributed by atoms with E-state index in [1.807, 2.05) is 25.3 Å². The molecule has 1 aromatic carbocycles. The molecule has 1 aliphatic rings. The molecule has 5 rings (SSSR count). The average Bonchev–Trinajstić information content (AvgIpc) is 3.61. The molecule has 1 aliphatic carbocycles. The van der Waals surface area contributed by atoms with E-state index in [4.69, 9.17) is 14.2 Å². The van der Waals surface area contributed by atoms with E-state index in [-0.39, 0.29) is 17.9 Å². The maximum absolute atomic E-state index is 13.4. The molecule has 0 spiro atoms. The fraction of sp³-hybridized carbons (Fsp3) is 0.321. The lowest BCUT2D eigenvalue weighted by Gasteiger charge is -2.20. The van der Waals surface area contributed by atoms with Crippen molar-refractivity contribution in [3.8, 4) is 5.88 Å². The number of nitrogens with zero attached hydrogens (tertiary/aromatic N) is 6. The van der Waals surface area contributed by atoms with Crippen LogP contribution in [-0.4, -0.2) is 50.6 Å². The summed E-state index contributed by atoms with van der Waals surface area (Å²) in [6.07, 6.45) is 1.99. The maximum Gasteiger partial charge on any atom is 0.418 e. The van der Waals surface area contributed by atoms with Gasteiger partial charge in [0.1, 0.15) is 27.5 Å².